The first-order valence-corrected chi connectivity index (χ1v) is 9.09. The maximum Gasteiger partial charge on any atom is 0.238 e. The van der Waals surface area contributed by atoms with Gasteiger partial charge in [0.2, 0.25) is 5.91 Å². The Labute approximate surface area is 151 Å². The fourth-order valence-corrected chi connectivity index (χ4v) is 3.10. The molecule has 1 aliphatic carbocycles. The predicted molar refractivity (Wildman–Crippen MR) is 98.3 cm³/mol. The zero-order chi connectivity index (χ0) is 18.3. The number of nitrogens with zero attached hydrogens (tertiary/aromatic N) is 2. The molecule has 25 heavy (non-hydrogen) atoms. The Kier molecular flexibility index (Phi) is 6.83. The van der Waals surface area contributed by atoms with Crippen LogP contribution in [-0.2, 0) is 4.79 Å². The lowest BCUT2D eigenvalue weighted by Gasteiger charge is -2.34. The quantitative estimate of drug-likeness (QED) is 0.826. The molecule has 1 aromatic carbocycles. The lowest BCUT2D eigenvalue weighted by Crippen LogP contribution is -2.54. The summed E-state index contributed by atoms with van der Waals surface area (Å²) in [6.07, 6.45) is 4.65. The monoisotopic (exact) mass is 343 g/mol. The van der Waals surface area contributed by atoms with E-state index >= 15 is 0 Å². The summed E-state index contributed by atoms with van der Waals surface area (Å²) in [7, 11) is 1.91. The van der Waals surface area contributed by atoms with Gasteiger partial charge in [-0.15, -0.1) is 0 Å². The molecule has 0 saturated heterocycles. The van der Waals surface area contributed by atoms with E-state index in [9.17, 15) is 10.1 Å². The molecule has 136 valence electrons. The fourth-order valence-electron chi connectivity index (χ4n) is 3.10. The first-order chi connectivity index (χ1) is 12.0. The van der Waals surface area contributed by atoms with Crippen LogP contribution in [0, 0.1) is 18.3 Å². The van der Waals surface area contributed by atoms with Crippen LogP contribution >= 0.6 is 0 Å². The molecule has 5 nitrogen and oxygen atoms in total. The second-order valence-electron chi connectivity index (χ2n) is 7.06. The van der Waals surface area contributed by atoms with Crippen molar-refractivity contribution in [1.29, 1.82) is 5.26 Å². The van der Waals surface area contributed by atoms with Crippen molar-refractivity contribution < 1.29 is 9.53 Å². The number of carbonyl (C=O) groups excluding carboxylic acids is 1. The van der Waals surface area contributed by atoms with Gasteiger partial charge in [0.25, 0.3) is 0 Å². The largest absolute Gasteiger partial charge is 0.492 e. The van der Waals surface area contributed by atoms with Crippen molar-refractivity contribution in [1.82, 2.24) is 10.2 Å². The number of hydrogen-bond acceptors (Lipinski definition) is 4. The topological polar surface area (TPSA) is 65.4 Å². The van der Waals surface area contributed by atoms with Crippen LogP contribution in [0.2, 0.25) is 0 Å². The molecule has 1 aromatic rings. The van der Waals surface area contributed by atoms with Crippen molar-refractivity contribution >= 4 is 5.91 Å². The first-order valence-electron chi connectivity index (χ1n) is 9.09. The van der Waals surface area contributed by atoms with Crippen LogP contribution in [0.25, 0.3) is 0 Å². The van der Waals surface area contributed by atoms with Crippen molar-refractivity contribution in [2.75, 3.05) is 20.2 Å². The van der Waals surface area contributed by atoms with E-state index in [0.717, 1.165) is 37.9 Å². The summed E-state index contributed by atoms with van der Waals surface area (Å²) in [6.45, 7) is 5.07. The molecule has 0 radical (unpaired) electrons. The highest BCUT2D eigenvalue weighted by molar-refractivity contribution is 5.82. The average molecular weight is 343 g/mol. The second kappa shape index (κ2) is 8.87. The molecule has 0 aromatic heterocycles. The van der Waals surface area contributed by atoms with Gasteiger partial charge in [0.1, 0.15) is 17.9 Å². The molecule has 1 N–H and O–H groups in total. The smallest absolute Gasteiger partial charge is 0.238 e. The van der Waals surface area contributed by atoms with Crippen LogP contribution in [-0.4, -0.2) is 42.6 Å². The molecule has 1 fully saturated rings. The summed E-state index contributed by atoms with van der Waals surface area (Å²) in [4.78, 5) is 14.5. The SMILES string of the molecule is Cc1ccc(OCCN(C)[C@H](C)C(=O)NC2(C#N)CCCCC2)cc1. The van der Waals surface area contributed by atoms with Gasteiger partial charge < -0.3 is 10.1 Å². The molecule has 0 aliphatic heterocycles. The molecule has 0 unspecified atom stereocenters. The number of ether oxygens (including phenoxy) is 1. The molecule has 0 spiro atoms. The Hall–Kier alpha value is -2.06. The van der Waals surface area contributed by atoms with E-state index in [1.807, 2.05) is 50.1 Å². The Morgan fingerprint density at radius 1 is 1.32 bits per heavy atom. The zero-order valence-corrected chi connectivity index (χ0v) is 15.5. The van der Waals surface area contributed by atoms with Crippen LogP contribution in [0.3, 0.4) is 0 Å². The van der Waals surface area contributed by atoms with Gasteiger partial charge in [-0.2, -0.15) is 5.26 Å². The number of nitrogens with one attached hydrogen (secondary N) is 1. The van der Waals surface area contributed by atoms with Gasteiger partial charge in [-0.3, -0.25) is 9.69 Å². The molecule has 1 aliphatic rings. The Morgan fingerprint density at radius 3 is 2.56 bits per heavy atom. The van der Waals surface area contributed by atoms with Gasteiger partial charge in [0.15, 0.2) is 0 Å². The van der Waals surface area contributed by atoms with E-state index in [2.05, 4.69) is 11.4 Å². The molecule has 1 amide bonds. The van der Waals surface area contributed by atoms with Crippen LogP contribution in [0.4, 0.5) is 0 Å². The van der Waals surface area contributed by atoms with Gasteiger partial charge in [-0.25, -0.2) is 0 Å². The van der Waals surface area contributed by atoms with Gasteiger partial charge >= 0.3 is 0 Å². The van der Waals surface area contributed by atoms with Gasteiger partial charge in [-0.1, -0.05) is 37.0 Å². The Bertz CT molecular complexity index is 600. The average Bonchev–Trinajstić information content (AvgIpc) is 2.63. The van der Waals surface area contributed by atoms with Gasteiger partial charge in [0.05, 0.1) is 12.1 Å². The number of likely N-dealkylation sites (N-methyl/N-ethyl adjacent to an activating group) is 1. The molecule has 2 rings (SSSR count). The van der Waals surface area contributed by atoms with Crippen LogP contribution in [0.15, 0.2) is 24.3 Å². The highest BCUT2D eigenvalue weighted by Crippen LogP contribution is 2.27. The minimum atomic E-state index is -0.678. The number of hydrogen-bond donors (Lipinski definition) is 1. The van der Waals surface area contributed by atoms with Crippen molar-refractivity contribution in [3.63, 3.8) is 0 Å². The minimum absolute atomic E-state index is 0.0821. The normalized spacial score (nSPS) is 17.6. The van der Waals surface area contributed by atoms with E-state index in [4.69, 9.17) is 4.74 Å². The van der Waals surface area contributed by atoms with Crippen molar-refractivity contribution in [3.8, 4) is 11.8 Å². The number of aryl methyl sites for hydroxylation is 1. The maximum atomic E-state index is 12.5. The van der Waals surface area contributed by atoms with E-state index in [0.29, 0.717) is 13.2 Å². The summed E-state index contributed by atoms with van der Waals surface area (Å²) >= 11 is 0. The Morgan fingerprint density at radius 2 is 1.96 bits per heavy atom. The summed E-state index contributed by atoms with van der Waals surface area (Å²) in [5, 5.41) is 12.5. The first kappa shape index (κ1) is 19.3. The van der Waals surface area contributed by atoms with Crippen molar-refractivity contribution in [2.45, 2.75) is 57.5 Å². The highest BCUT2D eigenvalue weighted by Gasteiger charge is 2.35. The molecule has 1 atom stereocenters. The van der Waals surface area contributed by atoms with E-state index in [-0.39, 0.29) is 11.9 Å². The fraction of sp³-hybridized carbons (Fsp3) is 0.600. The molecule has 0 heterocycles. The molecule has 1 saturated carbocycles. The lowest BCUT2D eigenvalue weighted by molar-refractivity contribution is -0.127. The lowest BCUT2D eigenvalue weighted by atomic mass is 9.82. The summed E-state index contributed by atoms with van der Waals surface area (Å²) in [6, 6.07) is 9.97. The molecular weight excluding hydrogens is 314 g/mol. The number of rotatable bonds is 7. The molecule has 5 heteroatoms. The van der Waals surface area contributed by atoms with E-state index < -0.39 is 5.54 Å². The molecule has 0 bridgehead atoms. The van der Waals surface area contributed by atoms with Gasteiger partial charge in [-0.05, 0) is 45.9 Å². The molecular formula is C20H29N3O2. The van der Waals surface area contributed by atoms with Crippen molar-refractivity contribution in [2.24, 2.45) is 0 Å². The summed E-state index contributed by atoms with van der Waals surface area (Å²) in [5.74, 6) is 0.753. The third-order valence-electron chi connectivity index (χ3n) is 5.06. The number of amides is 1. The van der Waals surface area contributed by atoms with E-state index in [1.165, 1.54) is 5.56 Å². The van der Waals surface area contributed by atoms with Crippen molar-refractivity contribution in [3.05, 3.63) is 29.8 Å². The number of benzene rings is 1. The van der Waals surface area contributed by atoms with E-state index in [1.54, 1.807) is 0 Å². The summed E-state index contributed by atoms with van der Waals surface area (Å²) in [5.41, 5.74) is 0.520. The second-order valence-corrected chi connectivity index (χ2v) is 7.06. The van der Waals surface area contributed by atoms with Gasteiger partial charge in [0, 0.05) is 6.54 Å². The van der Waals surface area contributed by atoms with Crippen LogP contribution in [0.1, 0.15) is 44.6 Å². The number of nitriles is 1. The van der Waals surface area contributed by atoms with Crippen LogP contribution in [0.5, 0.6) is 5.75 Å². The number of carbonyl (C=O) groups is 1. The minimum Gasteiger partial charge on any atom is -0.492 e. The standard InChI is InChI=1S/C20H29N3O2/c1-16-7-9-18(10-8-16)25-14-13-23(3)17(2)19(24)22-20(15-21)11-5-4-6-12-20/h7-10,17H,4-6,11-14H2,1-3H3,(H,22,24)/t17-/m1/s1. The third-order valence-corrected chi connectivity index (χ3v) is 5.06. The highest BCUT2D eigenvalue weighted by atomic mass is 16.5. The Balaban J connectivity index is 1.80. The predicted octanol–water partition coefficient (Wildman–Crippen LogP) is 3.04. The third kappa shape index (κ3) is 5.47. The summed E-state index contributed by atoms with van der Waals surface area (Å²) < 4.78 is 5.73. The maximum absolute atomic E-state index is 12.5. The van der Waals surface area contributed by atoms with Crippen LogP contribution < -0.4 is 10.1 Å². The zero-order valence-electron chi connectivity index (χ0n) is 15.5.